The third-order valence-electron chi connectivity index (χ3n) is 4.00. The molecule has 0 spiro atoms. The maximum absolute atomic E-state index is 12.1. The quantitative estimate of drug-likeness (QED) is 0.762. The first-order valence-electron chi connectivity index (χ1n) is 8.06. The van der Waals surface area contributed by atoms with Crippen LogP contribution >= 0.6 is 0 Å². The minimum atomic E-state index is -0.854. The standard InChI is InChI=1S/C17H21NO7/c1-2-24-16(22)11-5-7-18(8-6-11)15(21)10-25-17(23)13-4-3-12(19)9-14(13)20/h3-4,9,11,19-20H,2,5-8,10H2,1H3. The molecule has 1 amide bonds. The summed E-state index contributed by atoms with van der Waals surface area (Å²) in [5.74, 6) is -2.28. The number of hydrogen-bond donors (Lipinski definition) is 2. The second-order valence-electron chi connectivity index (χ2n) is 5.68. The molecule has 8 nitrogen and oxygen atoms in total. The van der Waals surface area contributed by atoms with Crippen molar-refractivity contribution >= 4 is 17.8 Å². The lowest BCUT2D eigenvalue weighted by molar-refractivity contribution is -0.151. The van der Waals surface area contributed by atoms with Gasteiger partial charge in [-0.2, -0.15) is 0 Å². The zero-order valence-corrected chi connectivity index (χ0v) is 13.9. The fraction of sp³-hybridized carbons (Fsp3) is 0.471. The van der Waals surface area contributed by atoms with E-state index < -0.39 is 18.3 Å². The van der Waals surface area contributed by atoms with Crippen LogP contribution in [0.2, 0.25) is 0 Å². The first kappa shape index (κ1) is 18.6. The number of phenolic OH excluding ortho intramolecular Hbond substituents is 2. The number of esters is 2. The van der Waals surface area contributed by atoms with Gasteiger partial charge >= 0.3 is 11.9 Å². The van der Waals surface area contributed by atoms with Crippen molar-refractivity contribution in [3.05, 3.63) is 23.8 Å². The van der Waals surface area contributed by atoms with E-state index in [1.165, 1.54) is 17.0 Å². The smallest absolute Gasteiger partial charge is 0.342 e. The lowest BCUT2D eigenvalue weighted by Gasteiger charge is -2.30. The SMILES string of the molecule is CCOC(=O)C1CCN(C(=O)COC(=O)c2ccc(O)cc2O)CC1. The Bertz CT molecular complexity index is 650. The molecule has 1 aliphatic rings. The monoisotopic (exact) mass is 351 g/mol. The van der Waals surface area contributed by atoms with E-state index in [-0.39, 0.29) is 29.1 Å². The fourth-order valence-corrected chi connectivity index (χ4v) is 2.61. The Balaban J connectivity index is 1.81. The van der Waals surface area contributed by atoms with Gasteiger partial charge in [0, 0.05) is 19.2 Å². The molecule has 25 heavy (non-hydrogen) atoms. The summed E-state index contributed by atoms with van der Waals surface area (Å²) in [6.45, 7) is 2.41. The molecule has 1 aromatic carbocycles. The van der Waals surface area contributed by atoms with Crippen LogP contribution < -0.4 is 0 Å². The average Bonchev–Trinajstić information content (AvgIpc) is 2.59. The Morgan fingerprint density at radius 1 is 1.16 bits per heavy atom. The lowest BCUT2D eigenvalue weighted by Crippen LogP contribution is -2.42. The van der Waals surface area contributed by atoms with E-state index in [0.29, 0.717) is 32.5 Å². The fourth-order valence-electron chi connectivity index (χ4n) is 2.61. The Kier molecular flexibility index (Phi) is 6.21. The molecule has 8 heteroatoms. The van der Waals surface area contributed by atoms with Gasteiger partial charge in [-0.3, -0.25) is 9.59 Å². The number of likely N-dealkylation sites (tertiary alicyclic amines) is 1. The highest BCUT2D eigenvalue weighted by Gasteiger charge is 2.28. The average molecular weight is 351 g/mol. The predicted molar refractivity (Wildman–Crippen MR) is 86.0 cm³/mol. The van der Waals surface area contributed by atoms with E-state index >= 15 is 0 Å². The van der Waals surface area contributed by atoms with Gasteiger partial charge in [0.15, 0.2) is 6.61 Å². The number of carbonyl (C=O) groups excluding carboxylic acids is 3. The molecule has 2 rings (SSSR count). The zero-order chi connectivity index (χ0) is 18.4. The Morgan fingerprint density at radius 2 is 1.84 bits per heavy atom. The summed E-state index contributed by atoms with van der Waals surface area (Å²) in [5.41, 5.74) is -0.133. The van der Waals surface area contributed by atoms with E-state index in [1.807, 2.05) is 0 Å². The first-order chi connectivity index (χ1) is 11.9. The molecule has 0 radical (unpaired) electrons. The maximum atomic E-state index is 12.1. The van der Waals surface area contributed by atoms with Gasteiger partial charge in [0.2, 0.25) is 0 Å². The van der Waals surface area contributed by atoms with E-state index in [4.69, 9.17) is 9.47 Å². The van der Waals surface area contributed by atoms with E-state index in [0.717, 1.165) is 6.07 Å². The van der Waals surface area contributed by atoms with Gasteiger partial charge in [0.25, 0.3) is 5.91 Å². The Labute approximate surface area is 144 Å². The predicted octanol–water partition coefficient (Wildman–Crippen LogP) is 1.06. The number of carbonyl (C=O) groups is 3. The number of nitrogens with zero attached hydrogens (tertiary/aromatic N) is 1. The van der Waals surface area contributed by atoms with Gasteiger partial charge in [-0.05, 0) is 31.9 Å². The van der Waals surface area contributed by atoms with Crippen molar-refractivity contribution in [3.8, 4) is 11.5 Å². The minimum Gasteiger partial charge on any atom is -0.508 e. The number of ether oxygens (including phenoxy) is 2. The normalized spacial score (nSPS) is 14.8. The Hall–Kier alpha value is -2.77. The first-order valence-corrected chi connectivity index (χ1v) is 8.06. The zero-order valence-electron chi connectivity index (χ0n) is 13.9. The number of phenols is 2. The highest BCUT2D eigenvalue weighted by atomic mass is 16.5. The Morgan fingerprint density at radius 3 is 2.44 bits per heavy atom. The summed E-state index contributed by atoms with van der Waals surface area (Å²) < 4.78 is 9.88. The van der Waals surface area contributed by atoms with Gasteiger partial charge in [-0.25, -0.2) is 4.79 Å². The van der Waals surface area contributed by atoms with Crippen molar-refractivity contribution in [2.24, 2.45) is 5.92 Å². The molecule has 1 saturated heterocycles. The number of piperidine rings is 1. The van der Waals surface area contributed by atoms with E-state index in [1.54, 1.807) is 6.92 Å². The van der Waals surface area contributed by atoms with Crippen LogP contribution in [0.3, 0.4) is 0 Å². The summed E-state index contributed by atoms with van der Waals surface area (Å²) in [4.78, 5) is 37.2. The topological polar surface area (TPSA) is 113 Å². The molecule has 2 N–H and O–H groups in total. The number of benzene rings is 1. The van der Waals surface area contributed by atoms with Crippen molar-refractivity contribution in [3.63, 3.8) is 0 Å². The summed E-state index contributed by atoms with van der Waals surface area (Å²) >= 11 is 0. The van der Waals surface area contributed by atoms with Crippen LogP contribution in [0.25, 0.3) is 0 Å². The van der Waals surface area contributed by atoms with E-state index in [2.05, 4.69) is 0 Å². The molecular formula is C17H21NO7. The minimum absolute atomic E-state index is 0.133. The number of aromatic hydroxyl groups is 2. The molecule has 1 aliphatic heterocycles. The molecule has 0 unspecified atom stereocenters. The van der Waals surface area contributed by atoms with Crippen LogP contribution in [0.4, 0.5) is 0 Å². The highest BCUT2D eigenvalue weighted by Crippen LogP contribution is 2.23. The van der Waals surface area contributed by atoms with Crippen molar-refractivity contribution in [2.45, 2.75) is 19.8 Å². The number of amides is 1. The third-order valence-corrected chi connectivity index (χ3v) is 4.00. The molecule has 1 aromatic rings. The van der Waals surface area contributed by atoms with Gasteiger partial charge < -0.3 is 24.6 Å². The molecule has 136 valence electrons. The second kappa shape index (κ2) is 8.36. The second-order valence-corrected chi connectivity index (χ2v) is 5.68. The maximum Gasteiger partial charge on any atom is 0.342 e. The van der Waals surface area contributed by atoms with Crippen LogP contribution in [-0.4, -0.2) is 59.3 Å². The van der Waals surface area contributed by atoms with Gasteiger partial charge in [0.1, 0.15) is 17.1 Å². The molecule has 0 aliphatic carbocycles. The number of rotatable bonds is 5. The largest absolute Gasteiger partial charge is 0.508 e. The third kappa shape index (κ3) is 4.85. The molecule has 1 fully saturated rings. The van der Waals surface area contributed by atoms with Gasteiger partial charge in [-0.1, -0.05) is 0 Å². The van der Waals surface area contributed by atoms with Crippen molar-refractivity contribution < 1.29 is 34.1 Å². The van der Waals surface area contributed by atoms with Crippen LogP contribution in [0.5, 0.6) is 11.5 Å². The van der Waals surface area contributed by atoms with Crippen molar-refractivity contribution in [1.82, 2.24) is 4.90 Å². The van der Waals surface area contributed by atoms with Crippen LogP contribution in [0.1, 0.15) is 30.1 Å². The van der Waals surface area contributed by atoms with Crippen LogP contribution in [0, 0.1) is 5.92 Å². The summed E-state index contributed by atoms with van der Waals surface area (Å²) in [6.07, 6.45) is 1.02. The number of hydrogen-bond acceptors (Lipinski definition) is 7. The lowest BCUT2D eigenvalue weighted by atomic mass is 9.97. The van der Waals surface area contributed by atoms with Crippen molar-refractivity contribution in [1.29, 1.82) is 0 Å². The molecule has 0 saturated carbocycles. The summed E-state index contributed by atoms with van der Waals surface area (Å²) in [5, 5.41) is 18.8. The molecule has 0 bridgehead atoms. The van der Waals surface area contributed by atoms with Gasteiger partial charge in [0.05, 0.1) is 12.5 Å². The van der Waals surface area contributed by atoms with Gasteiger partial charge in [-0.15, -0.1) is 0 Å². The molecule has 0 atom stereocenters. The summed E-state index contributed by atoms with van der Waals surface area (Å²) in [6, 6.07) is 3.46. The molecule has 0 aromatic heterocycles. The highest BCUT2D eigenvalue weighted by molar-refractivity contribution is 5.94. The van der Waals surface area contributed by atoms with Crippen molar-refractivity contribution in [2.75, 3.05) is 26.3 Å². The summed E-state index contributed by atoms with van der Waals surface area (Å²) in [7, 11) is 0. The van der Waals surface area contributed by atoms with Crippen LogP contribution in [0.15, 0.2) is 18.2 Å². The van der Waals surface area contributed by atoms with Crippen LogP contribution in [-0.2, 0) is 19.1 Å². The molecular weight excluding hydrogens is 330 g/mol. The van der Waals surface area contributed by atoms with E-state index in [9.17, 15) is 24.6 Å². The molecule has 1 heterocycles.